The van der Waals surface area contributed by atoms with Crippen molar-refractivity contribution in [2.75, 3.05) is 0 Å². The summed E-state index contributed by atoms with van der Waals surface area (Å²) in [5.74, 6) is 0.106. The van der Waals surface area contributed by atoms with Crippen molar-refractivity contribution in [1.82, 2.24) is 9.99 Å². The van der Waals surface area contributed by atoms with E-state index in [0.717, 1.165) is 30.5 Å². The van der Waals surface area contributed by atoms with Crippen molar-refractivity contribution in [2.45, 2.75) is 25.3 Å². The molecule has 2 unspecified atom stereocenters. The van der Waals surface area contributed by atoms with Crippen LogP contribution >= 0.6 is 0 Å². The van der Waals surface area contributed by atoms with E-state index in [4.69, 9.17) is 5.10 Å². The van der Waals surface area contributed by atoms with E-state index in [-0.39, 0.29) is 17.9 Å². The van der Waals surface area contributed by atoms with Crippen molar-refractivity contribution in [2.24, 2.45) is 11.0 Å². The Hall–Kier alpha value is -3.53. The summed E-state index contributed by atoms with van der Waals surface area (Å²) in [5, 5.41) is 6.62. The lowest BCUT2D eigenvalue weighted by Crippen LogP contribution is -2.31. The van der Waals surface area contributed by atoms with Crippen molar-refractivity contribution in [3.05, 3.63) is 107 Å². The number of hydrogen-bond donors (Lipinski definition) is 0. The van der Waals surface area contributed by atoms with Gasteiger partial charge in [0, 0.05) is 18.3 Å². The molecule has 0 saturated heterocycles. The largest absolute Gasteiger partial charge is 0.276 e. The molecule has 4 nitrogen and oxygen atoms in total. The van der Waals surface area contributed by atoms with Gasteiger partial charge < -0.3 is 0 Å². The van der Waals surface area contributed by atoms with Crippen LogP contribution in [0.1, 0.15) is 46.8 Å². The van der Waals surface area contributed by atoms with Crippen LogP contribution < -0.4 is 0 Å². The molecule has 4 heteroatoms. The Kier molecular flexibility index (Phi) is 4.98. The first-order chi connectivity index (χ1) is 14.8. The zero-order valence-corrected chi connectivity index (χ0v) is 16.7. The van der Waals surface area contributed by atoms with Crippen LogP contribution in [0.5, 0.6) is 0 Å². The Labute approximate surface area is 176 Å². The number of amides is 1. The van der Waals surface area contributed by atoms with Gasteiger partial charge >= 0.3 is 0 Å². The van der Waals surface area contributed by atoms with Crippen LogP contribution in [-0.2, 0) is 0 Å². The molecule has 1 saturated carbocycles. The summed E-state index contributed by atoms with van der Waals surface area (Å²) in [6.45, 7) is 0. The average molecular weight is 393 g/mol. The Balaban J connectivity index is 1.58. The maximum absolute atomic E-state index is 13.4. The van der Waals surface area contributed by atoms with Gasteiger partial charge in [-0.3, -0.25) is 9.78 Å². The smallest absolute Gasteiger partial charge is 0.267 e. The SMILES string of the molecule is O=C(c1cccnc1)N1N=C2/C(=C\c3ccccc3)CCCC2C1c1ccccc1. The predicted molar refractivity (Wildman–Crippen MR) is 119 cm³/mol. The van der Waals surface area contributed by atoms with Gasteiger partial charge in [-0.2, -0.15) is 5.10 Å². The predicted octanol–water partition coefficient (Wildman–Crippen LogP) is 5.52. The van der Waals surface area contributed by atoms with E-state index in [1.165, 1.54) is 11.1 Å². The minimum atomic E-state index is -0.0992. The van der Waals surface area contributed by atoms with Crippen molar-refractivity contribution in [3.8, 4) is 0 Å². The number of pyridine rings is 1. The van der Waals surface area contributed by atoms with E-state index >= 15 is 0 Å². The van der Waals surface area contributed by atoms with Gasteiger partial charge in [0.1, 0.15) is 0 Å². The molecule has 2 aromatic carbocycles. The fourth-order valence-corrected chi connectivity index (χ4v) is 4.52. The van der Waals surface area contributed by atoms with E-state index in [1.54, 1.807) is 29.5 Å². The second-order valence-corrected chi connectivity index (χ2v) is 7.81. The molecule has 1 amide bonds. The van der Waals surface area contributed by atoms with E-state index in [0.29, 0.717) is 5.56 Å². The summed E-state index contributed by atoms with van der Waals surface area (Å²) in [7, 11) is 0. The first-order valence-electron chi connectivity index (χ1n) is 10.4. The van der Waals surface area contributed by atoms with Gasteiger partial charge in [0.2, 0.25) is 0 Å². The number of allylic oxidation sites excluding steroid dienone is 1. The number of aromatic nitrogens is 1. The lowest BCUT2D eigenvalue weighted by atomic mass is 9.77. The summed E-state index contributed by atoms with van der Waals surface area (Å²) in [6.07, 6.45) is 8.64. The number of carbonyl (C=O) groups excluding carboxylic acids is 1. The number of benzene rings is 2. The lowest BCUT2D eigenvalue weighted by molar-refractivity contribution is 0.0680. The maximum atomic E-state index is 13.4. The zero-order valence-electron chi connectivity index (χ0n) is 16.7. The minimum Gasteiger partial charge on any atom is -0.267 e. The normalized spacial score (nSPS) is 21.9. The number of nitrogens with zero attached hydrogens (tertiary/aromatic N) is 3. The first-order valence-corrected chi connectivity index (χ1v) is 10.4. The molecule has 148 valence electrons. The third-order valence-electron chi connectivity index (χ3n) is 5.90. The number of rotatable bonds is 3. The zero-order chi connectivity index (χ0) is 20.3. The van der Waals surface area contributed by atoms with Crippen LogP contribution in [0.3, 0.4) is 0 Å². The molecule has 1 aliphatic heterocycles. The molecule has 3 aromatic rings. The standard InChI is InChI=1S/C26H23N3O/c30-26(22-14-8-16-27-18-22)29-25(20-11-5-2-6-12-20)23-15-7-13-21(24(23)28-29)17-19-9-3-1-4-10-19/h1-6,8-12,14,16-18,23,25H,7,13,15H2/b21-17-. The Morgan fingerprint density at radius 3 is 2.47 bits per heavy atom. The van der Waals surface area contributed by atoms with Gasteiger partial charge in [0.15, 0.2) is 0 Å². The molecular formula is C26H23N3O. The molecule has 2 aliphatic rings. The fourth-order valence-electron chi connectivity index (χ4n) is 4.52. The van der Waals surface area contributed by atoms with Gasteiger partial charge in [0.25, 0.3) is 5.91 Å². The highest BCUT2D eigenvalue weighted by molar-refractivity contribution is 6.09. The molecule has 1 aliphatic carbocycles. The van der Waals surface area contributed by atoms with Crippen LogP contribution in [-0.4, -0.2) is 21.6 Å². The van der Waals surface area contributed by atoms with Crippen LogP contribution in [0, 0.1) is 5.92 Å². The molecule has 30 heavy (non-hydrogen) atoms. The highest BCUT2D eigenvalue weighted by atomic mass is 16.2. The van der Waals surface area contributed by atoms with Gasteiger partial charge in [-0.1, -0.05) is 60.7 Å². The summed E-state index contributed by atoms with van der Waals surface area (Å²) in [4.78, 5) is 17.5. The first kappa shape index (κ1) is 18.5. The molecule has 2 heterocycles. The second-order valence-electron chi connectivity index (χ2n) is 7.81. The lowest BCUT2D eigenvalue weighted by Gasteiger charge is -2.29. The van der Waals surface area contributed by atoms with Gasteiger partial charge in [-0.05, 0) is 54.2 Å². The Bertz CT molecular complexity index is 1090. The molecule has 1 aromatic heterocycles. The maximum Gasteiger partial charge on any atom is 0.276 e. The Morgan fingerprint density at radius 2 is 1.73 bits per heavy atom. The Morgan fingerprint density at radius 1 is 0.967 bits per heavy atom. The molecule has 1 fully saturated rings. The van der Waals surface area contributed by atoms with E-state index in [9.17, 15) is 4.79 Å². The van der Waals surface area contributed by atoms with Gasteiger partial charge in [0.05, 0.1) is 17.3 Å². The van der Waals surface area contributed by atoms with Crippen LogP contribution in [0.25, 0.3) is 6.08 Å². The van der Waals surface area contributed by atoms with E-state index in [2.05, 4.69) is 35.3 Å². The van der Waals surface area contributed by atoms with Crippen molar-refractivity contribution in [3.63, 3.8) is 0 Å². The molecular weight excluding hydrogens is 370 g/mol. The minimum absolute atomic E-state index is 0.0895. The molecule has 5 rings (SSSR count). The second kappa shape index (κ2) is 8.07. The van der Waals surface area contributed by atoms with Crippen molar-refractivity contribution >= 4 is 17.7 Å². The van der Waals surface area contributed by atoms with Crippen molar-refractivity contribution in [1.29, 1.82) is 0 Å². The van der Waals surface area contributed by atoms with Crippen LogP contribution in [0.2, 0.25) is 0 Å². The van der Waals surface area contributed by atoms with E-state index < -0.39 is 0 Å². The molecule has 0 radical (unpaired) electrons. The van der Waals surface area contributed by atoms with Crippen molar-refractivity contribution < 1.29 is 4.79 Å². The molecule has 0 N–H and O–H groups in total. The van der Waals surface area contributed by atoms with Gasteiger partial charge in [-0.25, -0.2) is 5.01 Å². The highest BCUT2D eigenvalue weighted by Crippen LogP contribution is 2.44. The topological polar surface area (TPSA) is 45.6 Å². The number of hydrazone groups is 1. The number of hydrogen-bond acceptors (Lipinski definition) is 3. The quantitative estimate of drug-likeness (QED) is 0.588. The third kappa shape index (κ3) is 3.45. The third-order valence-corrected chi connectivity index (χ3v) is 5.90. The summed E-state index contributed by atoms with van der Waals surface area (Å²) < 4.78 is 0. The number of fused-ring (bicyclic) bond motifs is 1. The number of carbonyl (C=O) groups is 1. The average Bonchev–Trinajstić information content (AvgIpc) is 3.21. The molecule has 0 spiro atoms. The monoisotopic (exact) mass is 393 g/mol. The summed E-state index contributed by atoms with van der Waals surface area (Å²) >= 11 is 0. The fraction of sp³-hybridized carbons (Fsp3) is 0.192. The molecule has 0 bridgehead atoms. The summed E-state index contributed by atoms with van der Waals surface area (Å²) in [5.41, 5.74) is 5.15. The molecule has 2 atom stereocenters. The van der Waals surface area contributed by atoms with E-state index in [1.807, 2.05) is 36.4 Å². The van der Waals surface area contributed by atoms with Gasteiger partial charge in [-0.15, -0.1) is 0 Å². The van der Waals surface area contributed by atoms with Crippen LogP contribution in [0.4, 0.5) is 0 Å². The highest BCUT2D eigenvalue weighted by Gasteiger charge is 2.43. The van der Waals surface area contributed by atoms with Crippen LogP contribution in [0.15, 0.2) is 95.9 Å². The summed E-state index contributed by atoms with van der Waals surface area (Å²) in [6, 6.07) is 24.1.